The van der Waals surface area contributed by atoms with Crippen LogP contribution in [0.4, 0.5) is 6.01 Å². The molecular weight excluding hydrogens is 258 g/mol. The van der Waals surface area contributed by atoms with Crippen LogP contribution < -0.4 is 11.3 Å². The molecule has 0 aliphatic carbocycles. The van der Waals surface area contributed by atoms with E-state index in [4.69, 9.17) is 10.3 Å². The summed E-state index contributed by atoms with van der Waals surface area (Å²) in [7, 11) is 0. The number of nitrogens with two attached hydrogens (primary N) is 1. The lowest BCUT2D eigenvalue weighted by molar-refractivity contribution is 0.614. The summed E-state index contributed by atoms with van der Waals surface area (Å²) in [6, 6.07) is 0.341. The van der Waals surface area contributed by atoms with Crippen LogP contribution in [0, 0.1) is 20.8 Å². The second-order valence-corrected chi connectivity index (χ2v) is 4.32. The molecule has 3 N–H and O–H groups in total. The highest BCUT2D eigenvalue weighted by Gasteiger charge is 2.15. The number of aromatic nitrogens is 1. The zero-order chi connectivity index (χ0) is 11.2. The molecule has 1 aromatic heterocycles. The second-order valence-electron chi connectivity index (χ2n) is 3.53. The van der Waals surface area contributed by atoms with Crippen molar-refractivity contribution in [3.8, 4) is 0 Å². The van der Waals surface area contributed by atoms with E-state index in [0.29, 0.717) is 6.01 Å². The Balaban J connectivity index is 2.90. The van der Waals surface area contributed by atoms with E-state index in [9.17, 15) is 0 Å². The molecule has 0 aliphatic rings. The zero-order valence-electron chi connectivity index (χ0n) is 8.81. The molecule has 80 valence electrons. The zero-order valence-corrected chi connectivity index (χ0v) is 10.4. The third-order valence-corrected chi connectivity index (χ3v) is 3.86. The van der Waals surface area contributed by atoms with Gasteiger partial charge in [0.25, 0.3) is 0 Å². The van der Waals surface area contributed by atoms with Gasteiger partial charge in [-0.25, -0.2) is 5.84 Å². The van der Waals surface area contributed by atoms with Crippen molar-refractivity contribution in [1.29, 1.82) is 0 Å². The molecule has 2 aromatic rings. The molecule has 4 nitrogen and oxygen atoms in total. The Labute approximate surface area is 95.9 Å². The van der Waals surface area contributed by atoms with Crippen molar-refractivity contribution in [2.75, 3.05) is 5.43 Å². The lowest BCUT2D eigenvalue weighted by Crippen LogP contribution is -2.06. The van der Waals surface area contributed by atoms with Crippen LogP contribution in [0.1, 0.15) is 16.7 Å². The number of benzene rings is 1. The Hall–Kier alpha value is -1.07. The van der Waals surface area contributed by atoms with E-state index < -0.39 is 0 Å². The van der Waals surface area contributed by atoms with Gasteiger partial charge in [-0.3, -0.25) is 5.43 Å². The average molecular weight is 270 g/mol. The molecule has 0 radical (unpaired) electrons. The van der Waals surface area contributed by atoms with E-state index in [0.717, 1.165) is 26.7 Å². The number of nitrogen functional groups attached to an aromatic ring is 1. The highest BCUT2D eigenvalue weighted by atomic mass is 79.9. The van der Waals surface area contributed by atoms with Gasteiger partial charge in [-0.15, -0.1) is 0 Å². The molecule has 15 heavy (non-hydrogen) atoms. The molecular formula is C10H12BrN3O. The summed E-state index contributed by atoms with van der Waals surface area (Å²) in [5.74, 6) is 5.27. The topological polar surface area (TPSA) is 64.1 Å². The average Bonchev–Trinajstić information content (AvgIpc) is 2.67. The molecule has 0 spiro atoms. The molecule has 1 aromatic carbocycles. The third kappa shape index (κ3) is 1.42. The fourth-order valence-corrected chi connectivity index (χ4v) is 2.09. The van der Waals surface area contributed by atoms with Crippen LogP contribution in [0.5, 0.6) is 0 Å². The van der Waals surface area contributed by atoms with Crippen molar-refractivity contribution in [2.45, 2.75) is 20.8 Å². The number of hydrogen-bond acceptors (Lipinski definition) is 4. The molecule has 5 heteroatoms. The minimum atomic E-state index is 0.341. The number of rotatable bonds is 1. The van der Waals surface area contributed by atoms with E-state index in [1.54, 1.807) is 0 Å². The van der Waals surface area contributed by atoms with Crippen LogP contribution in [0.2, 0.25) is 0 Å². The van der Waals surface area contributed by atoms with E-state index in [2.05, 4.69) is 33.3 Å². The lowest BCUT2D eigenvalue weighted by atomic mass is 10.1. The van der Waals surface area contributed by atoms with Gasteiger partial charge in [0.05, 0.1) is 0 Å². The summed E-state index contributed by atoms with van der Waals surface area (Å²) in [5, 5.41) is 0. The van der Waals surface area contributed by atoms with E-state index >= 15 is 0 Å². The number of hydrogen-bond donors (Lipinski definition) is 2. The first-order chi connectivity index (χ1) is 7.06. The highest BCUT2D eigenvalue weighted by molar-refractivity contribution is 9.10. The van der Waals surface area contributed by atoms with Crippen molar-refractivity contribution in [1.82, 2.24) is 4.98 Å². The van der Waals surface area contributed by atoms with Crippen LogP contribution in [-0.4, -0.2) is 4.98 Å². The van der Waals surface area contributed by atoms with Gasteiger partial charge in [0.2, 0.25) is 0 Å². The Morgan fingerprint density at radius 1 is 1.20 bits per heavy atom. The van der Waals surface area contributed by atoms with Gasteiger partial charge < -0.3 is 4.42 Å². The Bertz CT molecular complexity index is 488. The Kier molecular flexibility index (Phi) is 2.44. The SMILES string of the molecule is Cc1c(Br)c(C)c2oc(NN)nc2c1C. The maximum atomic E-state index is 5.49. The number of fused-ring (bicyclic) bond motifs is 1. The quantitative estimate of drug-likeness (QED) is 0.617. The maximum Gasteiger partial charge on any atom is 0.310 e. The van der Waals surface area contributed by atoms with Gasteiger partial charge in [-0.1, -0.05) is 15.9 Å². The predicted molar refractivity (Wildman–Crippen MR) is 63.7 cm³/mol. The molecule has 0 bridgehead atoms. The minimum Gasteiger partial charge on any atom is -0.422 e. The number of oxazole rings is 1. The largest absolute Gasteiger partial charge is 0.422 e. The van der Waals surface area contributed by atoms with Crippen LogP contribution in [-0.2, 0) is 0 Å². The summed E-state index contributed by atoms with van der Waals surface area (Å²) in [6.07, 6.45) is 0. The maximum absolute atomic E-state index is 5.49. The number of nitrogens with zero attached hydrogens (tertiary/aromatic N) is 1. The second kappa shape index (κ2) is 3.50. The summed E-state index contributed by atoms with van der Waals surface area (Å²) in [5.41, 5.74) is 7.38. The smallest absolute Gasteiger partial charge is 0.310 e. The van der Waals surface area contributed by atoms with E-state index in [-0.39, 0.29) is 0 Å². The number of anilines is 1. The van der Waals surface area contributed by atoms with Crippen LogP contribution >= 0.6 is 15.9 Å². The summed E-state index contributed by atoms with van der Waals surface area (Å²) >= 11 is 3.54. The first-order valence-electron chi connectivity index (χ1n) is 4.58. The van der Waals surface area contributed by atoms with Gasteiger partial charge in [-0.05, 0) is 31.9 Å². The van der Waals surface area contributed by atoms with Gasteiger partial charge in [-0.2, -0.15) is 4.98 Å². The van der Waals surface area contributed by atoms with Gasteiger partial charge in [0.15, 0.2) is 5.58 Å². The molecule has 0 saturated carbocycles. The third-order valence-electron chi connectivity index (χ3n) is 2.67. The number of halogens is 1. The normalized spacial score (nSPS) is 11.0. The van der Waals surface area contributed by atoms with Crippen molar-refractivity contribution >= 4 is 33.0 Å². The molecule has 0 fully saturated rings. The van der Waals surface area contributed by atoms with Crippen LogP contribution in [0.25, 0.3) is 11.1 Å². The van der Waals surface area contributed by atoms with Crippen LogP contribution in [0.15, 0.2) is 8.89 Å². The minimum absolute atomic E-state index is 0.341. The van der Waals surface area contributed by atoms with E-state index in [1.165, 1.54) is 5.56 Å². The monoisotopic (exact) mass is 269 g/mol. The molecule has 0 amide bonds. The number of aryl methyl sites for hydroxylation is 2. The summed E-state index contributed by atoms with van der Waals surface area (Å²) < 4.78 is 6.55. The number of hydrazine groups is 1. The van der Waals surface area contributed by atoms with Gasteiger partial charge >= 0.3 is 6.01 Å². The highest BCUT2D eigenvalue weighted by Crippen LogP contribution is 2.33. The summed E-state index contributed by atoms with van der Waals surface area (Å²) in [4.78, 5) is 4.27. The Morgan fingerprint density at radius 3 is 2.47 bits per heavy atom. The Morgan fingerprint density at radius 2 is 1.87 bits per heavy atom. The van der Waals surface area contributed by atoms with Gasteiger partial charge in [0, 0.05) is 10.0 Å². The molecule has 1 heterocycles. The first kappa shape index (κ1) is 10.4. The molecule has 0 unspecified atom stereocenters. The molecule has 0 atom stereocenters. The molecule has 0 aliphatic heterocycles. The van der Waals surface area contributed by atoms with E-state index in [1.807, 2.05) is 13.8 Å². The number of nitrogens with one attached hydrogen (secondary N) is 1. The lowest BCUT2D eigenvalue weighted by Gasteiger charge is -2.06. The molecule has 2 rings (SSSR count). The summed E-state index contributed by atoms with van der Waals surface area (Å²) in [6.45, 7) is 6.06. The first-order valence-corrected chi connectivity index (χ1v) is 5.38. The standard InChI is InChI=1S/C10H12BrN3O/c1-4-5(2)8-9(6(3)7(4)11)15-10(13-8)14-12/h12H2,1-3H3,(H,13,14). The fourth-order valence-electron chi connectivity index (χ4n) is 1.61. The van der Waals surface area contributed by atoms with Crippen LogP contribution in [0.3, 0.4) is 0 Å². The van der Waals surface area contributed by atoms with Crippen molar-refractivity contribution in [3.05, 3.63) is 21.2 Å². The van der Waals surface area contributed by atoms with Gasteiger partial charge in [0.1, 0.15) is 5.52 Å². The fraction of sp³-hybridized carbons (Fsp3) is 0.300. The van der Waals surface area contributed by atoms with Crippen molar-refractivity contribution < 1.29 is 4.42 Å². The predicted octanol–water partition coefficient (Wildman–Crippen LogP) is 2.80. The molecule has 0 saturated heterocycles. The van der Waals surface area contributed by atoms with Crippen molar-refractivity contribution in [3.63, 3.8) is 0 Å². The van der Waals surface area contributed by atoms with Crippen molar-refractivity contribution in [2.24, 2.45) is 5.84 Å².